The minimum Gasteiger partial charge on any atom is -0.360 e. The molecule has 2 aromatic heterocycles. The van der Waals surface area contributed by atoms with Crippen LogP contribution in [0.2, 0.25) is 0 Å². The first-order valence-electron chi connectivity index (χ1n) is 4.68. The molecule has 3 nitrogen and oxygen atoms in total. The van der Waals surface area contributed by atoms with Crippen LogP contribution in [-0.2, 0) is 5.41 Å². The van der Waals surface area contributed by atoms with Gasteiger partial charge in [0.15, 0.2) is 0 Å². The fourth-order valence-electron chi connectivity index (χ4n) is 1.25. The average molecular weight is 190 g/mol. The van der Waals surface area contributed by atoms with Crippen LogP contribution in [0.3, 0.4) is 0 Å². The lowest BCUT2D eigenvalue weighted by atomic mass is 9.93. The van der Waals surface area contributed by atoms with Crippen LogP contribution >= 0.6 is 0 Å². The Morgan fingerprint density at radius 3 is 2.64 bits per heavy atom. The molecule has 0 aromatic carbocycles. The van der Waals surface area contributed by atoms with Gasteiger partial charge < -0.3 is 9.51 Å². The Morgan fingerprint density at radius 2 is 2.14 bits per heavy atom. The van der Waals surface area contributed by atoms with Gasteiger partial charge in [0, 0.05) is 17.7 Å². The number of rotatable bonds is 1. The zero-order valence-corrected chi connectivity index (χ0v) is 8.66. The molecule has 0 radical (unpaired) electrons. The van der Waals surface area contributed by atoms with E-state index in [1.807, 2.05) is 24.4 Å². The Morgan fingerprint density at radius 1 is 1.36 bits per heavy atom. The van der Waals surface area contributed by atoms with Gasteiger partial charge in [0.1, 0.15) is 11.5 Å². The zero-order valence-electron chi connectivity index (χ0n) is 8.66. The molecule has 0 spiro atoms. The highest BCUT2D eigenvalue weighted by molar-refractivity contribution is 5.54. The highest BCUT2D eigenvalue weighted by Crippen LogP contribution is 2.26. The predicted molar refractivity (Wildman–Crippen MR) is 55.0 cm³/mol. The van der Waals surface area contributed by atoms with E-state index in [1.165, 1.54) is 0 Å². The number of aromatic amines is 1. The minimum atomic E-state index is 0.0117. The summed E-state index contributed by atoms with van der Waals surface area (Å²) in [7, 11) is 0. The van der Waals surface area contributed by atoms with Crippen molar-refractivity contribution in [1.82, 2.24) is 10.1 Å². The monoisotopic (exact) mass is 190 g/mol. The molecule has 0 amide bonds. The van der Waals surface area contributed by atoms with Gasteiger partial charge in [-0.1, -0.05) is 25.9 Å². The number of nitrogens with zero attached hydrogens (tertiary/aromatic N) is 1. The number of H-pyrrole nitrogens is 1. The Balaban J connectivity index is 2.36. The van der Waals surface area contributed by atoms with Gasteiger partial charge in [-0.15, -0.1) is 0 Å². The van der Waals surface area contributed by atoms with Gasteiger partial charge in [-0.3, -0.25) is 0 Å². The van der Waals surface area contributed by atoms with Gasteiger partial charge >= 0.3 is 0 Å². The normalized spacial score (nSPS) is 11.9. The third-order valence-corrected chi connectivity index (χ3v) is 2.12. The molecule has 0 saturated carbocycles. The highest BCUT2D eigenvalue weighted by atomic mass is 16.5. The first kappa shape index (κ1) is 9.06. The number of aromatic nitrogens is 2. The van der Waals surface area contributed by atoms with E-state index in [0.29, 0.717) is 0 Å². The largest absolute Gasteiger partial charge is 0.360 e. The first-order valence-corrected chi connectivity index (χ1v) is 4.68. The Labute approximate surface area is 83.1 Å². The van der Waals surface area contributed by atoms with Crippen molar-refractivity contribution in [3.05, 3.63) is 30.2 Å². The van der Waals surface area contributed by atoms with Crippen molar-refractivity contribution < 1.29 is 4.52 Å². The summed E-state index contributed by atoms with van der Waals surface area (Å²) in [6, 6.07) is 5.90. The van der Waals surface area contributed by atoms with Crippen LogP contribution in [0.25, 0.3) is 11.4 Å². The Bertz CT molecular complexity index is 407. The average Bonchev–Trinajstić information content (AvgIpc) is 2.73. The van der Waals surface area contributed by atoms with Crippen molar-refractivity contribution in [2.75, 3.05) is 0 Å². The summed E-state index contributed by atoms with van der Waals surface area (Å²) >= 11 is 0. The third-order valence-electron chi connectivity index (χ3n) is 2.12. The number of hydrogen-bond donors (Lipinski definition) is 1. The second kappa shape index (κ2) is 3.01. The molecule has 0 aliphatic carbocycles. The topological polar surface area (TPSA) is 41.8 Å². The molecule has 0 atom stereocenters. The van der Waals surface area contributed by atoms with Crippen molar-refractivity contribution in [2.45, 2.75) is 26.2 Å². The van der Waals surface area contributed by atoms with Gasteiger partial charge in [0.05, 0.1) is 5.69 Å². The van der Waals surface area contributed by atoms with Crippen molar-refractivity contribution in [1.29, 1.82) is 0 Å². The summed E-state index contributed by atoms with van der Waals surface area (Å²) in [6.45, 7) is 6.31. The van der Waals surface area contributed by atoms with E-state index in [9.17, 15) is 0 Å². The molecule has 0 aliphatic heterocycles. The molecule has 0 unspecified atom stereocenters. The van der Waals surface area contributed by atoms with Crippen LogP contribution in [0.15, 0.2) is 28.9 Å². The maximum absolute atomic E-state index is 5.28. The maximum Gasteiger partial charge on any atom is 0.142 e. The van der Waals surface area contributed by atoms with Crippen LogP contribution < -0.4 is 0 Å². The number of hydrogen-bond acceptors (Lipinski definition) is 2. The van der Waals surface area contributed by atoms with Gasteiger partial charge in [-0.2, -0.15) is 0 Å². The lowest BCUT2D eigenvalue weighted by molar-refractivity contribution is 0.330. The van der Waals surface area contributed by atoms with Gasteiger partial charge in [0.25, 0.3) is 0 Å². The summed E-state index contributed by atoms with van der Waals surface area (Å²) < 4.78 is 5.28. The molecular weight excluding hydrogens is 176 g/mol. The SMILES string of the molecule is CC(C)(C)c1cc(-c2ccc[nH]2)no1. The molecule has 2 aromatic rings. The first-order chi connectivity index (χ1) is 6.57. The fraction of sp³-hybridized carbons (Fsp3) is 0.364. The predicted octanol–water partition coefficient (Wildman–Crippen LogP) is 2.97. The molecule has 0 fully saturated rings. The van der Waals surface area contributed by atoms with Crippen molar-refractivity contribution in [3.63, 3.8) is 0 Å². The molecule has 14 heavy (non-hydrogen) atoms. The molecule has 1 N–H and O–H groups in total. The molecule has 2 rings (SSSR count). The Hall–Kier alpha value is -1.51. The second-order valence-electron chi connectivity index (χ2n) is 4.41. The molecule has 74 valence electrons. The third kappa shape index (κ3) is 1.58. The summed E-state index contributed by atoms with van der Waals surface area (Å²) in [5.74, 6) is 0.905. The minimum absolute atomic E-state index is 0.0117. The van der Waals surface area contributed by atoms with E-state index in [2.05, 4.69) is 30.9 Å². The summed E-state index contributed by atoms with van der Waals surface area (Å²) in [4.78, 5) is 3.10. The quantitative estimate of drug-likeness (QED) is 0.751. The van der Waals surface area contributed by atoms with Crippen LogP contribution in [0, 0.1) is 0 Å². The second-order valence-corrected chi connectivity index (χ2v) is 4.41. The molecule has 0 bridgehead atoms. The van der Waals surface area contributed by atoms with E-state index >= 15 is 0 Å². The van der Waals surface area contributed by atoms with Gasteiger partial charge in [-0.25, -0.2) is 0 Å². The lowest BCUT2D eigenvalue weighted by Crippen LogP contribution is -2.09. The van der Waals surface area contributed by atoms with Crippen molar-refractivity contribution in [2.24, 2.45) is 0 Å². The van der Waals surface area contributed by atoms with Gasteiger partial charge in [0.2, 0.25) is 0 Å². The van der Waals surface area contributed by atoms with E-state index in [1.54, 1.807) is 0 Å². The Kier molecular flexibility index (Phi) is 1.95. The van der Waals surface area contributed by atoms with Crippen LogP contribution in [0.4, 0.5) is 0 Å². The van der Waals surface area contributed by atoms with Crippen molar-refractivity contribution in [3.8, 4) is 11.4 Å². The molecule has 0 saturated heterocycles. The van der Waals surface area contributed by atoms with E-state index in [4.69, 9.17) is 4.52 Å². The molecule has 3 heteroatoms. The zero-order chi connectivity index (χ0) is 10.2. The summed E-state index contributed by atoms with van der Waals surface area (Å²) in [5.41, 5.74) is 1.86. The molecule has 0 aliphatic rings. The standard InChI is InChI=1S/C11H14N2O/c1-11(2,3)10-7-9(13-14-10)8-5-4-6-12-8/h4-7,12H,1-3H3. The lowest BCUT2D eigenvalue weighted by Gasteiger charge is -2.12. The van der Waals surface area contributed by atoms with E-state index in [-0.39, 0.29) is 5.41 Å². The molecular formula is C11H14N2O. The number of nitrogens with one attached hydrogen (secondary N) is 1. The van der Waals surface area contributed by atoms with Crippen LogP contribution in [0.5, 0.6) is 0 Å². The van der Waals surface area contributed by atoms with Crippen LogP contribution in [0.1, 0.15) is 26.5 Å². The van der Waals surface area contributed by atoms with Gasteiger partial charge in [-0.05, 0) is 12.1 Å². The van der Waals surface area contributed by atoms with E-state index in [0.717, 1.165) is 17.1 Å². The van der Waals surface area contributed by atoms with Crippen molar-refractivity contribution >= 4 is 0 Å². The smallest absolute Gasteiger partial charge is 0.142 e. The molecule has 2 heterocycles. The summed E-state index contributed by atoms with van der Waals surface area (Å²) in [6.07, 6.45) is 1.88. The van der Waals surface area contributed by atoms with E-state index < -0.39 is 0 Å². The highest BCUT2D eigenvalue weighted by Gasteiger charge is 2.20. The maximum atomic E-state index is 5.28. The summed E-state index contributed by atoms with van der Waals surface area (Å²) in [5, 5.41) is 4.02. The fourth-order valence-corrected chi connectivity index (χ4v) is 1.25. The van der Waals surface area contributed by atoms with Crippen LogP contribution in [-0.4, -0.2) is 10.1 Å².